The normalized spacial score (nSPS) is 22.1. The fourth-order valence-corrected chi connectivity index (χ4v) is 3.72. The number of benzene rings is 1. The maximum absolute atomic E-state index is 13.0. The second-order valence-corrected chi connectivity index (χ2v) is 7.04. The number of halogens is 1. The molecule has 1 fully saturated rings. The molecule has 1 N–H and O–H groups in total. The molecule has 0 unspecified atom stereocenters. The number of nitrogens with one attached hydrogen (secondary N) is 1. The van der Waals surface area contributed by atoms with Crippen LogP contribution in [0.4, 0.5) is 4.39 Å². The number of rotatable bonds is 5. The molecule has 2 aromatic rings. The molecule has 5 nitrogen and oxygen atoms in total. The summed E-state index contributed by atoms with van der Waals surface area (Å²) in [4.78, 5) is 12.3. The predicted molar refractivity (Wildman–Crippen MR) is 91.5 cm³/mol. The second-order valence-electron chi connectivity index (χ2n) is 7.04. The molecule has 6 heteroatoms. The first-order valence-electron chi connectivity index (χ1n) is 9.16. The van der Waals surface area contributed by atoms with Gasteiger partial charge in [-0.2, -0.15) is 0 Å². The summed E-state index contributed by atoms with van der Waals surface area (Å²) >= 11 is 0. The molecule has 25 heavy (non-hydrogen) atoms. The Balaban J connectivity index is 1.28. The van der Waals surface area contributed by atoms with Crippen molar-refractivity contribution in [3.8, 4) is 0 Å². The molecule has 1 amide bonds. The van der Waals surface area contributed by atoms with Crippen molar-refractivity contribution in [2.75, 3.05) is 6.54 Å². The first-order valence-corrected chi connectivity index (χ1v) is 9.16. The van der Waals surface area contributed by atoms with Crippen LogP contribution < -0.4 is 5.32 Å². The number of aryl methyl sites for hydroxylation is 1. The molecule has 1 aliphatic carbocycles. The number of carbonyl (C=O) groups is 1. The van der Waals surface area contributed by atoms with Gasteiger partial charge < -0.3 is 9.88 Å². The summed E-state index contributed by atoms with van der Waals surface area (Å²) in [5.74, 6) is 2.15. The van der Waals surface area contributed by atoms with E-state index in [-0.39, 0.29) is 23.6 Å². The number of nitrogens with zero attached hydrogens (tertiary/aromatic N) is 3. The molecule has 0 spiro atoms. The van der Waals surface area contributed by atoms with Crippen LogP contribution in [0.5, 0.6) is 0 Å². The van der Waals surface area contributed by atoms with E-state index in [0.717, 1.165) is 36.6 Å². The number of hydrogen-bond donors (Lipinski definition) is 1. The molecule has 2 aliphatic rings. The Bertz CT molecular complexity index is 755. The van der Waals surface area contributed by atoms with E-state index < -0.39 is 0 Å². The van der Waals surface area contributed by atoms with Gasteiger partial charge in [-0.05, 0) is 42.9 Å². The minimum atomic E-state index is -0.238. The van der Waals surface area contributed by atoms with Crippen molar-refractivity contribution >= 4 is 5.91 Å². The van der Waals surface area contributed by atoms with Crippen LogP contribution in [0.2, 0.25) is 0 Å². The number of amides is 1. The Morgan fingerprint density at radius 1 is 1.20 bits per heavy atom. The quantitative estimate of drug-likeness (QED) is 0.909. The van der Waals surface area contributed by atoms with Crippen molar-refractivity contribution < 1.29 is 9.18 Å². The molecule has 2 heterocycles. The lowest BCUT2D eigenvalue weighted by Gasteiger charge is -2.08. The highest BCUT2D eigenvalue weighted by Crippen LogP contribution is 2.47. The molecular weight excluding hydrogens is 319 g/mol. The van der Waals surface area contributed by atoms with E-state index in [1.54, 1.807) is 12.1 Å². The van der Waals surface area contributed by atoms with Gasteiger partial charge in [0.1, 0.15) is 17.5 Å². The van der Waals surface area contributed by atoms with Crippen LogP contribution in [-0.2, 0) is 24.2 Å². The fraction of sp³-hybridized carbons (Fsp3) is 0.526. The van der Waals surface area contributed by atoms with Gasteiger partial charge in [-0.3, -0.25) is 4.79 Å². The van der Waals surface area contributed by atoms with Crippen molar-refractivity contribution in [3.05, 3.63) is 47.3 Å². The first-order chi connectivity index (χ1) is 12.2. The van der Waals surface area contributed by atoms with Crippen LogP contribution in [0.15, 0.2) is 24.3 Å². The van der Waals surface area contributed by atoms with Gasteiger partial charge in [0.2, 0.25) is 5.91 Å². The molecule has 0 radical (unpaired) electrons. The molecule has 0 bridgehead atoms. The maximum atomic E-state index is 13.0. The largest absolute Gasteiger partial charge is 0.355 e. The zero-order valence-electron chi connectivity index (χ0n) is 14.2. The number of carbonyl (C=O) groups excluding carboxylic acids is 1. The molecule has 4 rings (SSSR count). The summed E-state index contributed by atoms with van der Waals surface area (Å²) in [5, 5.41) is 11.6. The third kappa shape index (κ3) is 3.57. The van der Waals surface area contributed by atoms with Gasteiger partial charge in [0.25, 0.3) is 0 Å². The highest BCUT2D eigenvalue weighted by Gasteiger charge is 2.43. The lowest BCUT2D eigenvalue weighted by molar-refractivity contribution is -0.122. The van der Waals surface area contributed by atoms with Crippen LogP contribution in [0.3, 0.4) is 0 Å². The Labute approximate surface area is 146 Å². The van der Waals surface area contributed by atoms with Crippen LogP contribution in [0, 0.1) is 11.7 Å². The average Bonchev–Trinajstić information content (AvgIpc) is 3.37. The standard InChI is InChI=1S/C19H23FN4O/c20-14-7-5-13(6-8-14)15-12-16(15)19(25)21-10-9-18-23-22-17-4-2-1-3-11-24(17)18/h5-8,15-16H,1-4,9-12H2,(H,21,25)/t15-,16+/m1/s1. The van der Waals surface area contributed by atoms with Crippen molar-refractivity contribution in [2.45, 2.75) is 51.0 Å². The monoisotopic (exact) mass is 342 g/mol. The third-order valence-electron chi connectivity index (χ3n) is 5.26. The summed E-state index contributed by atoms with van der Waals surface area (Å²) in [5.41, 5.74) is 1.05. The lowest BCUT2D eigenvalue weighted by Crippen LogP contribution is -2.28. The Kier molecular flexibility index (Phi) is 4.51. The Hall–Kier alpha value is -2.24. The number of hydrogen-bond acceptors (Lipinski definition) is 3. The molecule has 132 valence electrons. The number of aromatic nitrogens is 3. The van der Waals surface area contributed by atoms with Gasteiger partial charge in [0, 0.05) is 31.8 Å². The first kappa shape index (κ1) is 16.2. The van der Waals surface area contributed by atoms with Gasteiger partial charge in [0.15, 0.2) is 0 Å². The molecule has 1 aromatic heterocycles. The molecule has 1 aliphatic heterocycles. The van der Waals surface area contributed by atoms with Crippen molar-refractivity contribution in [1.82, 2.24) is 20.1 Å². The Morgan fingerprint density at radius 2 is 2.04 bits per heavy atom. The number of fused-ring (bicyclic) bond motifs is 1. The summed E-state index contributed by atoms with van der Waals surface area (Å²) in [6.45, 7) is 1.57. The third-order valence-corrected chi connectivity index (χ3v) is 5.26. The van der Waals surface area contributed by atoms with E-state index in [4.69, 9.17) is 0 Å². The van der Waals surface area contributed by atoms with E-state index >= 15 is 0 Å². The highest BCUT2D eigenvalue weighted by molar-refractivity contribution is 5.82. The van der Waals surface area contributed by atoms with Crippen molar-refractivity contribution in [1.29, 1.82) is 0 Å². The minimum Gasteiger partial charge on any atom is -0.355 e. The topological polar surface area (TPSA) is 59.8 Å². The summed E-state index contributed by atoms with van der Waals surface area (Å²) in [6, 6.07) is 6.47. The van der Waals surface area contributed by atoms with E-state index in [0.29, 0.717) is 13.0 Å². The van der Waals surface area contributed by atoms with E-state index in [1.807, 2.05) is 0 Å². The van der Waals surface area contributed by atoms with Crippen molar-refractivity contribution in [3.63, 3.8) is 0 Å². The smallest absolute Gasteiger partial charge is 0.223 e. The summed E-state index contributed by atoms with van der Waals surface area (Å²) < 4.78 is 15.2. The minimum absolute atomic E-state index is 0.0148. The zero-order valence-corrected chi connectivity index (χ0v) is 14.2. The summed E-state index contributed by atoms with van der Waals surface area (Å²) in [7, 11) is 0. The molecule has 1 aromatic carbocycles. The van der Waals surface area contributed by atoms with Crippen LogP contribution in [0.1, 0.15) is 48.8 Å². The van der Waals surface area contributed by atoms with Crippen LogP contribution >= 0.6 is 0 Å². The van der Waals surface area contributed by atoms with E-state index in [9.17, 15) is 9.18 Å². The average molecular weight is 342 g/mol. The highest BCUT2D eigenvalue weighted by atomic mass is 19.1. The van der Waals surface area contributed by atoms with Gasteiger partial charge in [-0.15, -0.1) is 10.2 Å². The summed E-state index contributed by atoms with van der Waals surface area (Å²) in [6.07, 6.45) is 6.16. The zero-order chi connectivity index (χ0) is 17.2. The lowest BCUT2D eigenvalue weighted by atomic mass is 10.1. The molecule has 0 saturated heterocycles. The van der Waals surface area contributed by atoms with Crippen LogP contribution in [0.25, 0.3) is 0 Å². The predicted octanol–water partition coefficient (Wildman–Crippen LogP) is 2.61. The van der Waals surface area contributed by atoms with Gasteiger partial charge in [-0.1, -0.05) is 18.6 Å². The van der Waals surface area contributed by atoms with Gasteiger partial charge in [0.05, 0.1) is 0 Å². The Morgan fingerprint density at radius 3 is 2.88 bits per heavy atom. The molecule has 2 atom stereocenters. The maximum Gasteiger partial charge on any atom is 0.223 e. The fourth-order valence-electron chi connectivity index (χ4n) is 3.72. The van der Waals surface area contributed by atoms with Crippen molar-refractivity contribution in [2.24, 2.45) is 5.92 Å². The van der Waals surface area contributed by atoms with Gasteiger partial charge >= 0.3 is 0 Å². The second kappa shape index (κ2) is 6.94. The SMILES string of the molecule is O=C(NCCc1nnc2n1CCCCC2)[C@H]1C[C@@H]1c1ccc(F)cc1. The van der Waals surface area contributed by atoms with Crippen LogP contribution in [-0.4, -0.2) is 27.2 Å². The van der Waals surface area contributed by atoms with Gasteiger partial charge in [-0.25, -0.2) is 4.39 Å². The molecular formula is C19H23FN4O. The van der Waals surface area contributed by atoms with E-state index in [1.165, 1.54) is 31.4 Å². The molecule has 1 saturated carbocycles. The van der Waals surface area contributed by atoms with E-state index in [2.05, 4.69) is 20.1 Å².